The van der Waals surface area contributed by atoms with Crippen LogP contribution in [0.2, 0.25) is 0 Å². The Morgan fingerprint density at radius 1 is 1.39 bits per heavy atom. The van der Waals surface area contributed by atoms with Crippen molar-refractivity contribution in [1.82, 2.24) is 4.98 Å². The Hall–Kier alpha value is -1.85. The van der Waals surface area contributed by atoms with E-state index in [0.717, 1.165) is 13.0 Å². The van der Waals surface area contributed by atoms with Crippen molar-refractivity contribution in [3.8, 4) is 0 Å². The van der Waals surface area contributed by atoms with Crippen molar-refractivity contribution < 1.29 is 4.92 Å². The highest BCUT2D eigenvalue weighted by Gasteiger charge is 2.16. The molecule has 6 nitrogen and oxygen atoms in total. The molecular formula is C12H20N4O2. The number of nitrogens with zero attached hydrogens (tertiary/aromatic N) is 2. The molecule has 1 rings (SSSR count). The van der Waals surface area contributed by atoms with E-state index in [1.54, 1.807) is 6.07 Å². The van der Waals surface area contributed by atoms with Gasteiger partial charge < -0.3 is 10.6 Å². The predicted molar refractivity (Wildman–Crippen MR) is 73.0 cm³/mol. The zero-order chi connectivity index (χ0) is 13.5. The van der Waals surface area contributed by atoms with Gasteiger partial charge in [-0.25, -0.2) is 4.98 Å². The van der Waals surface area contributed by atoms with Crippen LogP contribution in [0.25, 0.3) is 0 Å². The first kappa shape index (κ1) is 14.2. The van der Waals surface area contributed by atoms with Crippen LogP contribution in [-0.2, 0) is 0 Å². The molecule has 0 bridgehead atoms. The topological polar surface area (TPSA) is 80.1 Å². The van der Waals surface area contributed by atoms with Gasteiger partial charge in [-0.3, -0.25) is 10.1 Å². The van der Waals surface area contributed by atoms with Crippen molar-refractivity contribution in [2.75, 3.05) is 23.7 Å². The molecule has 1 heterocycles. The summed E-state index contributed by atoms with van der Waals surface area (Å²) in [5, 5.41) is 17.0. The zero-order valence-electron chi connectivity index (χ0n) is 11.1. The third kappa shape index (κ3) is 3.87. The van der Waals surface area contributed by atoms with Crippen LogP contribution in [0.15, 0.2) is 12.1 Å². The van der Waals surface area contributed by atoms with Gasteiger partial charge in [-0.2, -0.15) is 0 Å². The standard InChI is InChI=1S/C12H20N4O2/c1-4-9(3)8-14-12-10(16(17)18)6-7-11(15-12)13-5-2/h6-7,9H,4-5,8H2,1-3H3,(H2,13,14,15). The minimum Gasteiger partial charge on any atom is -0.370 e. The van der Waals surface area contributed by atoms with Crippen LogP contribution in [0.1, 0.15) is 27.2 Å². The summed E-state index contributed by atoms with van der Waals surface area (Å²) >= 11 is 0. The number of hydrogen-bond acceptors (Lipinski definition) is 5. The normalized spacial score (nSPS) is 11.9. The van der Waals surface area contributed by atoms with E-state index in [4.69, 9.17) is 0 Å². The van der Waals surface area contributed by atoms with Crippen LogP contribution in [0.3, 0.4) is 0 Å². The fourth-order valence-electron chi connectivity index (χ4n) is 1.42. The summed E-state index contributed by atoms with van der Waals surface area (Å²) in [5.41, 5.74) is 0.0138. The molecule has 100 valence electrons. The molecule has 2 N–H and O–H groups in total. The summed E-state index contributed by atoms with van der Waals surface area (Å²) in [5.74, 6) is 1.43. The van der Waals surface area contributed by atoms with Crippen molar-refractivity contribution in [3.63, 3.8) is 0 Å². The van der Waals surface area contributed by atoms with Crippen LogP contribution in [0.4, 0.5) is 17.3 Å². The first-order chi connectivity index (χ1) is 8.58. The van der Waals surface area contributed by atoms with Crippen molar-refractivity contribution in [3.05, 3.63) is 22.2 Å². The van der Waals surface area contributed by atoms with Crippen molar-refractivity contribution in [1.29, 1.82) is 0 Å². The highest BCUT2D eigenvalue weighted by Crippen LogP contribution is 2.24. The van der Waals surface area contributed by atoms with Crippen LogP contribution in [0, 0.1) is 16.0 Å². The van der Waals surface area contributed by atoms with Crippen molar-refractivity contribution in [2.24, 2.45) is 5.92 Å². The Bertz CT molecular complexity index is 409. The van der Waals surface area contributed by atoms with E-state index in [0.29, 0.717) is 24.1 Å². The molecule has 1 atom stereocenters. The SMILES string of the molecule is CCNc1ccc([N+](=O)[O-])c(NCC(C)CC)n1. The Morgan fingerprint density at radius 3 is 2.67 bits per heavy atom. The van der Waals surface area contributed by atoms with Crippen LogP contribution in [0.5, 0.6) is 0 Å². The Kier molecular flexibility index (Phi) is 5.35. The number of rotatable bonds is 7. The fourth-order valence-corrected chi connectivity index (χ4v) is 1.42. The molecule has 0 amide bonds. The summed E-state index contributed by atoms with van der Waals surface area (Å²) in [6, 6.07) is 3.10. The van der Waals surface area contributed by atoms with E-state index in [9.17, 15) is 10.1 Å². The number of nitrogens with one attached hydrogen (secondary N) is 2. The van der Waals surface area contributed by atoms with Crippen LogP contribution < -0.4 is 10.6 Å². The molecule has 0 fully saturated rings. The lowest BCUT2D eigenvalue weighted by Gasteiger charge is -2.12. The maximum atomic E-state index is 10.9. The second-order valence-electron chi connectivity index (χ2n) is 4.25. The Morgan fingerprint density at radius 2 is 2.11 bits per heavy atom. The number of nitro groups is 1. The summed E-state index contributed by atoms with van der Waals surface area (Å²) in [6.45, 7) is 7.54. The van der Waals surface area contributed by atoms with E-state index < -0.39 is 4.92 Å². The van der Waals surface area contributed by atoms with E-state index in [2.05, 4.69) is 29.5 Å². The molecule has 0 radical (unpaired) electrons. The fraction of sp³-hybridized carbons (Fsp3) is 0.583. The van der Waals surface area contributed by atoms with Gasteiger partial charge in [0, 0.05) is 19.2 Å². The third-order valence-corrected chi connectivity index (χ3v) is 2.74. The van der Waals surface area contributed by atoms with Gasteiger partial charge in [-0.1, -0.05) is 20.3 Å². The number of hydrogen-bond donors (Lipinski definition) is 2. The smallest absolute Gasteiger partial charge is 0.311 e. The molecule has 18 heavy (non-hydrogen) atoms. The summed E-state index contributed by atoms with van der Waals surface area (Å²) in [4.78, 5) is 14.7. The van der Waals surface area contributed by atoms with Gasteiger partial charge in [0.15, 0.2) is 0 Å². The minimum atomic E-state index is -0.415. The van der Waals surface area contributed by atoms with Gasteiger partial charge >= 0.3 is 5.69 Å². The summed E-state index contributed by atoms with van der Waals surface area (Å²) in [7, 11) is 0. The molecular weight excluding hydrogens is 232 g/mol. The molecule has 0 aliphatic heterocycles. The largest absolute Gasteiger partial charge is 0.370 e. The predicted octanol–water partition coefficient (Wildman–Crippen LogP) is 2.88. The molecule has 0 aromatic carbocycles. The second kappa shape index (κ2) is 6.78. The lowest BCUT2D eigenvalue weighted by Crippen LogP contribution is -2.13. The summed E-state index contributed by atoms with van der Waals surface area (Å²) in [6.07, 6.45) is 1.02. The molecule has 1 unspecified atom stereocenters. The van der Waals surface area contributed by atoms with Crippen molar-refractivity contribution in [2.45, 2.75) is 27.2 Å². The highest BCUT2D eigenvalue weighted by molar-refractivity contribution is 5.60. The number of anilines is 2. The second-order valence-corrected chi connectivity index (χ2v) is 4.25. The van der Waals surface area contributed by atoms with E-state index in [1.807, 2.05) is 6.92 Å². The monoisotopic (exact) mass is 252 g/mol. The molecule has 0 aliphatic rings. The molecule has 1 aromatic heterocycles. The minimum absolute atomic E-state index is 0.0138. The van der Waals surface area contributed by atoms with Gasteiger partial charge in [-0.15, -0.1) is 0 Å². The van der Waals surface area contributed by atoms with Crippen molar-refractivity contribution >= 4 is 17.3 Å². The Balaban J connectivity index is 2.89. The molecule has 1 aromatic rings. The lowest BCUT2D eigenvalue weighted by molar-refractivity contribution is -0.384. The van der Waals surface area contributed by atoms with Gasteiger partial charge in [0.2, 0.25) is 5.82 Å². The van der Waals surface area contributed by atoms with Gasteiger partial charge in [0.1, 0.15) is 5.82 Å². The highest BCUT2D eigenvalue weighted by atomic mass is 16.6. The molecule has 6 heteroatoms. The molecule has 0 saturated heterocycles. The maximum absolute atomic E-state index is 10.9. The van der Waals surface area contributed by atoms with Gasteiger partial charge in [-0.05, 0) is 18.9 Å². The molecule has 0 spiro atoms. The quantitative estimate of drug-likeness (QED) is 0.576. The Labute approximate surface area is 107 Å². The van der Waals surface area contributed by atoms with E-state index in [1.165, 1.54) is 6.07 Å². The number of pyridine rings is 1. The average molecular weight is 252 g/mol. The first-order valence-electron chi connectivity index (χ1n) is 6.21. The third-order valence-electron chi connectivity index (χ3n) is 2.74. The summed E-state index contributed by atoms with van der Waals surface area (Å²) < 4.78 is 0. The van der Waals surface area contributed by atoms with E-state index >= 15 is 0 Å². The van der Waals surface area contributed by atoms with Gasteiger partial charge in [0.25, 0.3) is 0 Å². The zero-order valence-corrected chi connectivity index (χ0v) is 11.1. The first-order valence-corrected chi connectivity index (χ1v) is 6.21. The molecule has 0 aliphatic carbocycles. The van der Waals surface area contributed by atoms with Crippen LogP contribution >= 0.6 is 0 Å². The average Bonchev–Trinajstić information content (AvgIpc) is 2.36. The molecule has 0 saturated carbocycles. The van der Waals surface area contributed by atoms with Crippen LogP contribution in [-0.4, -0.2) is 23.0 Å². The lowest BCUT2D eigenvalue weighted by atomic mass is 10.1. The van der Waals surface area contributed by atoms with E-state index in [-0.39, 0.29) is 5.69 Å². The maximum Gasteiger partial charge on any atom is 0.311 e. The number of aromatic nitrogens is 1. The van der Waals surface area contributed by atoms with Gasteiger partial charge in [0.05, 0.1) is 4.92 Å².